The molecule has 0 atom stereocenters. The molecule has 0 saturated heterocycles. The van der Waals surface area contributed by atoms with Crippen LogP contribution in [0.15, 0.2) is 27.8 Å². The Morgan fingerprint density at radius 1 is 1.26 bits per heavy atom. The minimum atomic E-state index is -1.12. The van der Waals surface area contributed by atoms with Crippen molar-refractivity contribution in [3.63, 3.8) is 0 Å². The standard InChI is InChI=1S/C17H17F2N3O5/c1-3-27-14(24)7-20-15-11(9-23)16(25)22(17(26)21(15)2)8-10-4-5-12(18)13(19)6-10/h4-6,9,20H,3,7-8H2,1-2H3. The monoisotopic (exact) mass is 381 g/mol. The molecular formula is C17H17F2N3O5. The first-order valence-electron chi connectivity index (χ1n) is 7.92. The number of carbonyl (C=O) groups excluding carboxylic acids is 2. The Morgan fingerprint density at radius 3 is 2.56 bits per heavy atom. The number of anilines is 1. The molecule has 27 heavy (non-hydrogen) atoms. The highest BCUT2D eigenvalue weighted by molar-refractivity contribution is 5.83. The van der Waals surface area contributed by atoms with Crippen molar-refractivity contribution in [3.8, 4) is 0 Å². The van der Waals surface area contributed by atoms with Crippen LogP contribution < -0.4 is 16.6 Å². The predicted molar refractivity (Wildman–Crippen MR) is 91.9 cm³/mol. The summed E-state index contributed by atoms with van der Waals surface area (Å²) in [6.45, 7) is 1.05. The zero-order valence-corrected chi connectivity index (χ0v) is 14.6. The summed E-state index contributed by atoms with van der Waals surface area (Å²) in [6.07, 6.45) is 0.247. The van der Waals surface area contributed by atoms with Gasteiger partial charge in [-0.25, -0.2) is 13.6 Å². The minimum Gasteiger partial charge on any atom is -0.465 e. The summed E-state index contributed by atoms with van der Waals surface area (Å²) in [5.74, 6) is -2.96. The van der Waals surface area contributed by atoms with E-state index in [0.717, 1.165) is 16.7 Å². The SMILES string of the molecule is CCOC(=O)CNc1c(C=O)c(=O)n(Cc2ccc(F)c(F)c2)c(=O)n1C. The van der Waals surface area contributed by atoms with E-state index in [-0.39, 0.29) is 42.9 Å². The van der Waals surface area contributed by atoms with E-state index in [1.807, 2.05) is 0 Å². The maximum atomic E-state index is 13.4. The number of esters is 1. The summed E-state index contributed by atoms with van der Waals surface area (Å²) in [5, 5.41) is 2.54. The van der Waals surface area contributed by atoms with Crippen molar-refractivity contribution in [2.75, 3.05) is 18.5 Å². The molecule has 0 aliphatic rings. The van der Waals surface area contributed by atoms with Gasteiger partial charge in [0.15, 0.2) is 17.9 Å². The zero-order valence-electron chi connectivity index (χ0n) is 14.6. The number of aldehydes is 1. The van der Waals surface area contributed by atoms with Crippen molar-refractivity contribution in [1.29, 1.82) is 0 Å². The van der Waals surface area contributed by atoms with E-state index in [4.69, 9.17) is 4.74 Å². The van der Waals surface area contributed by atoms with Crippen LogP contribution in [0.5, 0.6) is 0 Å². The molecule has 0 bridgehead atoms. The van der Waals surface area contributed by atoms with Crippen LogP contribution in [-0.4, -0.2) is 34.5 Å². The Bertz CT molecular complexity index is 997. The molecule has 144 valence electrons. The van der Waals surface area contributed by atoms with Gasteiger partial charge in [0.05, 0.1) is 13.2 Å². The third kappa shape index (κ3) is 4.27. The summed E-state index contributed by atoms with van der Waals surface area (Å²) in [7, 11) is 1.30. The number of hydrogen-bond donors (Lipinski definition) is 1. The normalized spacial score (nSPS) is 10.5. The van der Waals surface area contributed by atoms with E-state index in [1.165, 1.54) is 13.1 Å². The van der Waals surface area contributed by atoms with Gasteiger partial charge in [-0.1, -0.05) is 6.07 Å². The van der Waals surface area contributed by atoms with Crippen molar-refractivity contribution in [2.45, 2.75) is 13.5 Å². The maximum Gasteiger partial charge on any atom is 0.332 e. The van der Waals surface area contributed by atoms with Gasteiger partial charge < -0.3 is 10.1 Å². The molecule has 1 heterocycles. The van der Waals surface area contributed by atoms with E-state index in [0.29, 0.717) is 4.57 Å². The third-order valence-corrected chi connectivity index (χ3v) is 3.73. The second-order valence-electron chi connectivity index (χ2n) is 5.52. The smallest absolute Gasteiger partial charge is 0.332 e. The Hall–Kier alpha value is -3.30. The molecule has 8 nitrogen and oxygen atoms in total. The van der Waals surface area contributed by atoms with E-state index < -0.39 is 28.9 Å². The fraction of sp³-hybridized carbons (Fsp3) is 0.294. The molecule has 0 fully saturated rings. The first kappa shape index (κ1) is 20.0. The lowest BCUT2D eigenvalue weighted by Crippen LogP contribution is -2.42. The molecule has 0 amide bonds. The number of nitrogens with zero attached hydrogens (tertiary/aromatic N) is 2. The summed E-state index contributed by atoms with van der Waals surface area (Å²) in [4.78, 5) is 47.9. The predicted octanol–water partition coefficient (Wildman–Crippen LogP) is 0.661. The summed E-state index contributed by atoms with van der Waals surface area (Å²) >= 11 is 0. The van der Waals surface area contributed by atoms with Crippen LogP contribution in [-0.2, 0) is 23.1 Å². The fourth-order valence-electron chi connectivity index (χ4n) is 2.44. The molecule has 1 aromatic carbocycles. The van der Waals surface area contributed by atoms with Crippen LogP contribution in [0.1, 0.15) is 22.8 Å². The van der Waals surface area contributed by atoms with Crippen LogP contribution in [0.3, 0.4) is 0 Å². The van der Waals surface area contributed by atoms with Crippen molar-refractivity contribution < 1.29 is 23.1 Å². The largest absolute Gasteiger partial charge is 0.465 e. The van der Waals surface area contributed by atoms with Gasteiger partial charge in [-0.3, -0.25) is 23.5 Å². The number of aromatic nitrogens is 2. The van der Waals surface area contributed by atoms with E-state index in [1.54, 1.807) is 6.92 Å². The maximum absolute atomic E-state index is 13.4. The Morgan fingerprint density at radius 2 is 1.96 bits per heavy atom. The van der Waals surface area contributed by atoms with Crippen LogP contribution >= 0.6 is 0 Å². The van der Waals surface area contributed by atoms with E-state index >= 15 is 0 Å². The lowest BCUT2D eigenvalue weighted by molar-refractivity contribution is -0.140. The van der Waals surface area contributed by atoms with Gasteiger partial charge in [0.25, 0.3) is 5.56 Å². The molecule has 10 heteroatoms. The molecule has 0 aliphatic carbocycles. The molecule has 2 aromatic rings. The lowest BCUT2D eigenvalue weighted by Gasteiger charge is -2.15. The van der Waals surface area contributed by atoms with Gasteiger partial charge in [0.2, 0.25) is 0 Å². The van der Waals surface area contributed by atoms with Crippen molar-refractivity contribution in [1.82, 2.24) is 9.13 Å². The van der Waals surface area contributed by atoms with Crippen molar-refractivity contribution in [2.24, 2.45) is 7.05 Å². The number of hydrogen-bond acceptors (Lipinski definition) is 6. The molecule has 0 saturated carbocycles. The summed E-state index contributed by atoms with van der Waals surface area (Å²) in [6, 6.07) is 2.95. The van der Waals surface area contributed by atoms with Gasteiger partial charge >= 0.3 is 11.7 Å². The summed E-state index contributed by atoms with van der Waals surface area (Å²) in [5.41, 5.74) is -1.95. The molecule has 0 aliphatic heterocycles. The second kappa shape index (κ2) is 8.39. The molecule has 1 N–H and O–H groups in total. The Kier molecular flexibility index (Phi) is 6.22. The topological polar surface area (TPSA) is 99.4 Å². The van der Waals surface area contributed by atoms with E-state index in [9.17, 15) is 28.0 Å². The van der Waals surface area contributed by atoms with Gasteiger partial charge in [-0.05, 0) is 24.6 Å². The number of carbonyl (C=O) groups is 2. The highest BCUT2D eigenvalue weighted by atomic mass is 19.2. The average Bonchev–Trinajstić information content (AvgIpc) is 2.63. The highest BCUT2D eigenvalue weighted by Crippen LogP contribution is 2.10. The zero-order chi connectivity index (χ0) is 20.1. The highest BCUT2D eigenvalue weighted by Gasteiger charge is 2.18. The van der Waals surface area contributed by atoms with Crippen LogP contribution in [0, 0.1) is 11.6 Å². The van der Waals surface area contributed by atoms with Crippen LogP contribution in [0.2, 0.25) is 0 Å². The van der Waals surface area contributed by atoms with Crippen molar-refractivity contribution in [3.05, 3.63) is 61.8 Å². The Balaban J connectivity index is 2.46. The number of ether oxygens (including phenoxy) is 1. The van der Waals surface area contributed by atoms with Crippen LogP contribution in [0.25, 0.3) is 0 Å². The quantitative estimate of drug-likeness (QED) is 0.559. The molecule has 0 radical (unpaired) electrons. The first-order chi connectivity index (χ1) is 12.8. The molecule has 1 aromatic heterocycles. The van der Waals surface area contributed by atoms with Crippen molar-refractivity contribution >= 4 is 18.1 Å². The number of halogens is 2. The van der Waals surface area contributed by atoms with Gasteiger partial charge in [-0.15, -0.1) is 0 Å². The van der Waals surface area contributed by atoms with E-state index in [2.05, 4.69) is 5.32 Å². The molecule has 0 spiro atoms. The minimum absolute atomic E-state index is 0.144. The number of rotatable bonds is 7. The van der Waals surface area contributed by atoms with Gasteiger partial charge in [0, 0.05) is 7.05 Å². The first-order valence-corrected chi connectivity index (χ1v) is 7.92. The fourth-order valence-corrected chi connectivity index (χ4v) is 2.44. The second-order valence-corrected chi connectivity index (χ2v) is 5.52. The lowest BCUT2D eigenvalue weighted by atomic mass is 10.2. The molecular weight excluding hydrogens is 364 g/mol. The van der Waals surface area contributed by atoms with Gasteiger partial charge in [0.1, 0.15) is 17.9 Å². The van der Waals surface area contributed by atoms with Gasteiger partial charge in [-0.2, -0.15) is 0 Å². The molecule has 0 unspecified atom stereocenters. The number of nitrogens with one attached hydrogen (secondary N) is 1. The number of benzene rings is 1. The van der Waals surface area contributed by atoms with Crippen LogP contribution in [0.4, 0.5) is 14.6 Å². The Labute approximate surface area is 152 Å². The third-order valence-electron chi connectivity index (χ3n) is 3.73. The molecule has 2 rings (SSSR count). The summed E-state index contributed by atoms with van der Waals surface area (Å²) < 4.78 is 32.8. The average molecular weight is 381 g/mol.